The second-order valence-corrected chi connectivity index (χ2v) is 7.90. The zero-order valence-electron chi connectivity index (χ0n) is 15.6. The number of hydrogen-bond acceptors (Lipinski definition) is 5. The minimum Gasteiger partial charge on any atom is -0.321 e. The molecule has 1 aliphatic heterocycles. The van der Waals surface area contributed by atoms with Crippen molar-refractivity contribution in [3.63, 3.8) is 0 Å². The molecule has 1 fully saturated rings. The summed E-state index contributed by atoms with van der Waals surface area (Å²) in [6.45, 7) is 0. The number of aromatic nitrogens is 1. The van der Waals surface area contributed by atoms with Gasteiger partial charge in [-0.3, -0.25) is 19.3 Å². The highest BCUT2D eigenvalue weighted by molar-refractivity contribution is 7.98. The van der Waals surface area contributed by atoms with Gasteiger partial charge in [0.25, 0.3) is 17.7 Å². The normalized spacial score (nSPS) is 17.0. The van der Waals surface area contributed by atoms with Crippen molar-refractivity contribution in [2.45, 2.75) is 43.2 Å². The number of anilines is 1. The maximum atomic E-state index is 12.9. The number of fused-ring (bicyclic) bond motifs is 1. The Bertz CT molecular complexity index is 936. The molecule has 7 heteroatoms. The lowest BCUT2D eigenvalue weighted by Gasteiger charge is -2.29. The Morgan fingerprint density at radius 3 is 2.50 bits per heavy atom. The largest absolute Gasteiger partial charge is 0.321 e. The third-order valence-corrected chi connectivity index (χ3v) is 5.98. The van der Waals surface area contributed by atoms with Gasteiger partial charge in [0.15, 0.2) is 0 Å². The first-order valence-corrected chi connectivity index (χ1v) is 10.6. The van der Waals surface area contributed by atoms with Gasteiger partial charge in [-0.1, -0.05) is 19.3 Å². The average Bonchev–Trinajstić information content (AvgIpc) is 2.99. The summed E-state index contributed by atoms with van der Waals surface area (Å²) in [5.74, 6) is -0.860. The van der Waals surface area contributed by atoms with Crippen LogP contribution in [0.3, 0.4) is 0 Å². The molecular weight excluding hydrogens is 374 g/mol. The Morgan fingerprint density at radius 1 is 1.07 bits per heavy atom. The van der Waals surface area contributed by atoms with Gasteiger partial charge in [-0.15, -0.1) is 11.8 Å². The lowest BCUT2D eigenvalue weighted by molar-refractivity contribution is 0.0549. The molecule has 1 saturated carbocycles. The number of carbonyl (C=O) groups is 3. The highest BCUT2D eigenvalue weighted by Crippen LogP contribution is 2.31. The van der Waals surface area contributed by atoms with E-state index in [1.807, 2.05) is 12.3 Å². The van der Waals surface area contributed by atoms with Crippen LogP contribution in [0, 0.1) is 0 Å². The Labute approximate surface area is 167 Å². The van der Waals surface area contributed by atoms with Gasteiger partial charge in [0.1, 0.15) is 0 Å². The van der Waals surface area contributed by atoms with Gasteiger partial charge in [-0.05, 0) is 49.4 Å². The number of carbonyl (C=O) groups excluding carboxylic acids is 3. The van der Waals surface area contributed by atoms with Crippen LogP contribution in [-0.4, -0.2) is 39.9 Å². The summed E-state index contributed by atoms with van der Waals surface area (Å²) in [6.07, 6.45) is 8.47. The van der Waals surface area contributed by atoms with Crippen molar-refractivity contribution in [2.24, 2.45) is 0 Å². The first kappa shape index (κ1) is 18.7. The predicted octanol–water partition coefficient (Wildman–Crippen LogP) is 3.98. The molecule has 0 atom stereocenters. The van der Waals surface area contributed by atoms with E-state index in [-0.39, 0.29) is 23.8 Å². The van der Waals surface area contributed by atoms with E-state index >= 15 is 0 Å². The van der Waals surface area contributed by atoms with Crippen LogP contribution in [0.15, 0.2) is 41.6 Å². The highest BCUT2D eigenvalue weighted by atomic mass is 32.2. The van der Waals surface area contributed by atoms with Gasteiger partial charge < -0.3 is 5.32 Å². The van der Waals surface area contributed by atoms with E-state index < -0.39 is 0 Å². The molecule has 4 rings (SSSR count). The molecule has 3 amide bonds. The summed E-state index contributed by atoms with van der Waals surface area (Å²) in [4.78, 5) is 43.8. The van der Waals surface area contributed by atoms with Crippen LogP contribution in [0.5, 0.6) is 0 Å². The second kappa shape index (κ2) is 7.75. The number of nitrogens with zero attached hydrogens (tertiary/aromatic N) is 2. The minimum absolute atomic E-state index is 0.0283. The van der Waals surface area contributed by atoms with Gasteiger partial charge in [-0.25, -0.2) is 4.98 Å². The SMILES string of the molecule is CSc1ccc(NC(=O)c2ccc3c(c2)C(=O)N(C2CCCCC2)C3=O)cn1. The molecule has 2 heterocycles. The summed E-state index contributed by atoms with van der Waals surface area (Å²) in [6, 6.07) is 8.28. The molecule has 0 spiro atoms. The van der Waals surface area contributed by atoms with E-state index in [4.69, 9.17) is 0 Å². The Kier molecular flexibility index (Phi) is 5.17. The van der Waals surface area contributed by atoms with Crippen molar-refractivity contribution in [3.8, 4) is 0 Å². The van der Waals surface area contributed by atoms with Crippen molar-refractivity contribution in [1.82, 2.24) is 9.88 Å². The summed E-state index contributed by atoms with van der Waals surface area (Å²) < 4.78 is 0. The van der Waals surface area contributed by atoms with E-state index in [9.17, 15) is 14.4 Å². The van der Waals surface area contributed by atoms with Gasteiger partial charge in [-0.2, -0.15) is 0 Å². The van der Waals surface area contributed by atoms with Crippen molar-refractivity contribution in [2.75, 3.05) is 11.6 Å². The Balaban J connectivity index is 1.54. The molecule has 0 radical (unpaired) electrons. The molecule has 0 saturated heterocycles. The monoisotopic (exact) mass is 395 g/mol. The van der Waals surface area contributed by atoms with E-state index in [1.165, 1.54) is 22.7 Å². The second-order valence-electron chi connectivity index (χ2n) is 7.08. The molecule has 1 N–H and O–H groups in total. The number of amides is 3. The maximum Gasteiger partial charge on any atom is 0.261 e. The lowest BCUT2D eigenvalue weighted by atomic mass is 9.94. The zero-order chi connectivity index (χ0) is 19.7. The van der Waals surface area contributed by atoms with Crippen LogP contribution < -0.4 is 5.32 Å². The highest BCUT2D eigenvalue weighted by Gasteiger charge is 2.40. The smallest absolute Gasteiger partial charge is 0.261 e. The van der Waals surface area contributed by atoms with Crippen LogP contribution in [0.1, 0.15) is 63.2 Å². The molecule has 28 heavy (non-hydrogen) atoms. The van der Waals surface area contributed by atoms with Crippen LogP contribution >= 0.6 is 11.8 Å². The van der Waals surface area contributed by atoms with Gasteiger partial charge in [0, 0.05) is 11.6 Å². The first-order chi connectivity index (χ1) is 13.6. The van der Waals surface area contributed by atoms with Gasteiger partial charge in [0.05, 0.1) is 28.0 Å². The van der Waals surface area contributed by atoms with E-state index in [1.54, 1.807) is 24.4 Å². The zero-order valence-corrected chi connectivity index (χ0v) is 16.4. The first-order valence-electron chi connectivity index (χ1n) is 9.42. The molecule has 144 valence electrons. The standard InChI is InChI=1S/C21H21N3O3S/c1-28-18-10-8-14(12-22-18)23-19(25)13-7-9-16-17(11-13)21(27)24(20(16)26)15-5-3-2-4-6-15/h7-12,15H,2-6H2,1H3,(H,23,25). The quantitative estimate of drug-likeness (QED) is 0.626. The average molecular weight is 395 g/mol. The van der Waals surface area contributed by atoms with E-state index in [2.05, 4.69) is 10.3 Å². The molecule has 0 bridgehead atoms. The predicted molar refractivity (Wildman–Crippen MR) is 108 cm³/mol. The third-order valence-electron chi connectivity index (χ3n) is 5.32. The van der Waals surface area contributed by atoms with Crippen LogP contribution in [0.25, 0.3) is 0 Å². The Morgan fingerprint density at radius 2 is 1.82 bits per heavy atom. The van der Waals surface area contributed by atoms with Crippen molar-refractivity contribution >= 4 is 35.2 Å². The van der Waals surface area contributed by atoms with Gasteiger partial charge in [0.2, 0.25) is 0 Å². The number of nitrogens with one attached hydrogen (secondary N) is 1. The maximum absolute atomic E-state index is 12.9. The fourth-order valence-corrected chi connectivity index (χ4v) is 4.21. The molecule has 1 aromatic heterocycles. The number of hydrogen-bond donors (Lipinski definition) is 1. The number of rotatable bonds is 4. The Hall–Kier alpha value is -2.67. The number of imide groups is 1. The summed E-state index contributed by atoms with van der Waals surface area (Å²) >= 11 is 1.52. The fourth-order valence-electron chi connectivity index (χ4n) is 3.85. The van der Waals surface area contributed by atoms with E-state index in [0.29, 0.717) is 22.4 Å². The van der Waals surface area contributed by atoms with Crippen LogP contribution in [0.4, 0.5) is 5.69 Å². The molecule has 0 unspecified atom stereocenters. The van der Waals surface area contributed by atoms with Crippen LogP contribution in [0.2, 0.25) is 0 Å². The van der Waals surface area contributed by atoms with Crippen LogP contribution in [-0.2, 0) is 0 Å². The van der Waals surface area contributed by atoms with Crippen molar-refractivity contribution in [3.05, 3.63) is 53.2 Å². The number of benzene rings is 1. The molecular formula is C21H21N3O3S. The summed E-state index contributed by atoms with van der Waals surface area (Å²) in [5, 5.41) is 3.64. The summed E-state index contributed by atoms with van der Waals surface area (Å²) in [5.41, 5.74) is 1.63. The van der Waals surface area contributed by atoms with Gasteiger partial charge >= 0.3 is 0 Å². The topological polar surface area (TPSA) is 79.4 Å². The molecule has 2 aromatic rings. The molecule has 1 aromatic carbocycles. The molecule has 6 nitrogen and oxygen atoms in total. The number of pyridine rings is 1. The molecule has 2 aliphatic rings. The lowest BCUT2D eigenvalue weighted by Crippen LogP contribution is -2.40. The molecule has 1 aliphatic carbocycles. The fraction of sp³-hybridized carbons (Fsp3) is 0.333. The summed E-state index contributed by atoms with van der Waals surface area (Å²) in [7, 11) is 0. The van der Waals surface area contributed by atoms with E-state index in [0.717, 1.165) is 37.1 Å². The third kappa shape index (κ3) is 3.42. The number of thioether (sulfide) groups is 1. The van der Waals surface area contributed by atoms with Crippen molar-refractivity contribution in [1.29, 1.82) is 0 Å². The van der Waals surface area contributed by atoms with Crippen molar-refractivity contribution < 1.29 is 14.4 Å². The minimum atomic E-state index is -0.335.